The molecule has 1 heterocycles. The highest BCUT2D eigenvalue weighted by atomic mass is 35.5. The summed E-state index contributed by atoms with van der Waals surface area (Å²) in [4.78, 5) is 0. The van der Waals surface area contributed by atoms with Crippen molar-refractivity contribution in [3.05, 3.63) is 17.5 Å². The minimum absolute atomic E-state index is 0.0929. The van der Waals surface area contributed by atoms with Crippen LogP contribution in [0.2, 0.25) is 0 Å². The SMILES string of the molecule is CCc1cc(CCC(Cl)COC)n(CC)n1. The summed E-state index contributed by atoms with van der Waals surface area (Å²) in [6.07, 6.45) is 2.89. The van der Waals surface area contributed by atoms with Gasteiger partial charge in [0, 0.05) is 19.3 Å². The van der Waals surface area contributed by atoms with E-state index in [4.69, 9.17) is 16.3 Å². The Labute approximate surface area is 103 Å². The van der Waals surface area contributed by atoms with Crippen LogP contribution in [0, 0.1) is 0 Å². The van der Waals surface area contributed by atoms with Gasteiger partial charge in [0.15, 0.2) is 0 Å². The Balaban J connectivity index is 2.54. The van der Waals surface area contributed by atoms with Crippen molar-refractivity contribution < 1.29 is 4.74 Å². The topological polar surface area (TPSA) is 27.1 Å². The average molecular weight is 245 g/mol. The Bertz CT molecular complexity index is 312. The molecule has 1 unspecified atom stereocenters. The van der Waals surface area contributed by atoms with Crippen LogP contribution in [0.4, 0.5) is 0 Å². The minimum Gasteiger partial charge on any atom is -0.383 e. The van der Waals surface area contributed by atoms with Crippen molar-refractivity contribution in [2.24, 2.45) is 0 Å². The first kappa shape index (κ1) is 13.5. The van der Waals surface area contributed by atoms with Gasteiger partial charge in [0.05, 0.1) is 17.7 Å². The summed E-state index contributed by atoms with van der Waals surface area (Å²) in [6.45, 7) is 5.78. The highest BCUT2D eigenvalue weighted by Crippen LogP contribution is 2.12. The van der Waals surface area contributed by atoms with Crippen LogP contribution in [-0.4, -0.2) is 28.9 Å². The van der Waals surface area contributed by atoms with E-state index < -0.39 is 0 Å². The third-order valence-corrected chi connectivity index (χ3v) is 2.98. The predicted octanol–water partition coefficient (Wildman–Crippen LogP) is 2.65. The number of hydrogen-bond acceptors (Lipinski definition) is 2. The molecule has 1 aromatic rings. The fourth-order valence-corrected chi connectivity index (χ4v) is 1.97. The number of methoxy groups -OCH3 is 1. The number of alkyl halides is 1. The predicted molar refractivity (Wildman–Crippen MR) is 67.1 cm³/mol. The monoisotopic (exact) mass is 244 g/mol. The molecule has 0 bridgehead atoms. The summed E-state index contributed by atoms with van der Waals surface area (Å²) >= 11 is 6.11. The molecule has 0 aromatic carbocycles. The van der Waals surface area contributed by atoms with Crippen LogP contribution in [0.5, 0.6) is 0 Å². The van der Waals surface area contributed by atoms with Crippen LogP contribution in [0.3, 0.4) is 0 Å². The van der Waals surface area contributed by atoms with E-state index in [0.29, 0.717) is 6.61 Å². The largest absolute Gasteiger partial charge is 0.383 e. The second-order valence-electron chi connectivity index (χ2n) is 3.89. The van der Waals surface area contributed by atoms with Crippen LogP contribution < -0.4 is 0 Å². The molecule has 0 spiro atoms. The Kier molecular flexibility index (Phi) is 5.85. The number of hydrogen-bond donors (Lipinski definition) is 0. The van der Waals surface area contributed by atoms with Crippen molar-refractivity contribution in [3.8, 4) is 0 Å². The molecule has 16 heavy (non-hydrogen) atoms. The highest BCUT2D eigenvalue weighted by molar-refractivity contribution is 6.20. The number of ether oxygens (including phenoxy) is 1. The fraction of sp³-hybridized carbons (Fsp3) is 0.750. The van der Waals surface area contributed by atoms with E-state index in [1.165, 1.54) is 5.69 Å². The van der Waals surface area contributed by atoms with E-state index in [1.54, 1.807) is 7.11 Å². The maximum Gasteiger partial charge on any atom is 0.0626 e. The van der Waals surface area contributed by atoms with Crippen LogP contribution >= 0.6 is 11.6 Å². The zero-order valence-electron chi connectivity index (χ0n) is 10.4. The Morgan fingerprint density at radius 3 is 2.81 bits per heavy atom. The maximum atomic E-state index is 6.11. The summed E-state index contributed by atoms with van der Waals surface area (Å²) < 4.78 is 7.09. The van der Waals surface area contributed by atoms with Gasteiger partial charge in [-0.3, -0.25) is 4.68 Å². The Morgan fingerprint density at radius 2 is 2.25 bits per heavy atom. The molecule has 4 heteroatoms. The van der Waals surface area contributed by atoms with Crippen molar-refractivity contribution in [1.82, 2.24) is 9.78 Å². The normalized spacial score (nSPS) is 13.0. The molecule has 0 aliphatic heterocycles. The molecule has 0 aliphatic carbocycles. The molecule has 0 amide bonds. The van der Waals surface area contributed by atoms with Crippen molar-refractivity contribution in [3.63, 3.8) is 0 Å². The number of aryl methyl sites for hydroxylation is 3. The smallest absolute Gasteiger partial charge is 0.0626 e. The Hall–Kier alpha value is -0.540. The summed E-state index contributed by atoms with van der Waals surface area (Å²) in [5, 5.41) is 4.61. The van der Waals surface area contributed by atoms with Gasteiger partial charge in [0.25, 0.3) is 0 Å². The Morgan fingerprint density at radius 1 is 1.50 bits per heavy atom. The van der Waals surface area contributed by atoms with Crippen molar-refractivity contribution in [2.75, 3.05) is 13.7 Å². The summed E-state index contributed by atoms with van der Waals surface area (Å²) in [6, 6.07) is 2.18. The third-order valence-electron chi connectivity index (χ3n) is 2.64. The van der Waals surface area contributed by atoms with Gasteiger partial charge in [-0.25, -0.2) is 0 Å². The van der Waals surface area contributed by atoms with Crippen molar-refractivity contribution in [1.29, 1.82) is 0 Å². The summed E-state index contributed by atoms with van der Waals surface area (Å²) in [7, 11) is 1.68. The number of aromatic nitrogens is 2. The lowest BCUT2D eigenvalue weighted by Gasteiger charge is -2.08. The first-order valence-electron chi connectivity index (χ1n) is 5.89. The molecule has 1 aromatic heterocycles. The molecule has 1 rings (SSSR count). The number of rotatable bonds is 7. The van der Waals surface area contributed by atoms with Gasteiger partial charge in [-0.1, -0.05) is 6.92 Å². The van der Waals surface area contributed by atoms with Gasteiger partial charge >= 0.3 is 0 Å². The molecule has 0 saturated carbocycles. The first-order chi connectivity index (χ1) is 7.71. The minimum atomic E-state index is 0.0929. The second-order valence-corrected chi connectivity index (χ2v) is 4.50. The molecule has 0 saturated heterocycles. The van der Waals surface area contributed by atoms with Gasteiger partial charge < -0.3 is 4.74 Å². The van der Waals surface area contributed by atoms with E-state index in [-0.39, 0.29) is 5.38 Å². The van der Waals surface area contributed by atoms with Crippen molar-refractivity contribution in [2.45, 2.75) is 45.0 Å². The highest BCUT2D eigenvalue weighted by Gasteiger charge is 2.09. The molecular weight excluding hydrogens is 224 g/mol. The zero-order valence-corrected chi connectivity index (χ0v) is 11.1. The fourth-order valence-electron chi connectivity index (χ4n) is 1.73. The molecular formula is C12H21ClN2O. The standard InChI is InChI=1S/C12H21ClN2O/c1-4-11-8-12(15(5-2)14-11)7-6-10(13)9-16-3/h8,10H,4-7,9H2,1-3H3. The summed E-state index contributed by atoms with van der Waals surface area (Å²) in [5.74, 6) is 0. The van der Waals surface area contributed by atoms with Gasteiger partial charge in [0.1, 0.15) is 0 Å². The van der Waals surface area contributed by atoms with Gasteiger partial charge in [-0.2, -0.15) is 5.10 Å². The lowest BCUT2D eigenvalue weighted by atomic mass is 10.2. The molecule has 0 radical (unpaired) electrons. The lowest BCUT2D eigenvalue weighted by Crippen LogP contribution is -2.10. The van der Waals surface area contributed by atoms with Crippen LogP contribution in [0.15, 0.2) is 6.07 Å². The number of halogens is 1. The van der Waals surface area contributed by atoms with E-state index in [2.05, 4.69) is 29.7 Å². The van der Waals surface area contributed by atoms with E-state index in [0.717, 1.165) is 31.5 Å². The van der Waals surface area contributed by atoms with Gasteiger partial charge in [-0.05, 0) is 32.3 Å². The van der Waals surface area contributed by atoms with Crippen LogP contribution in [0.1, 0.15) is 31.7 Å². The van der Waals surface area contributed by atoms with E-state index in [1.807, 2.05) is 0 Å². The lowest BCUT2D eigenvalue weighted by molar-refractivity contribution is 0.195. The number of nitrogens with zero attached hydrogens (tertiary/aromatic N) is 2. The average Bonchev–Trinajstić information content (AvgIpc) is 2.69. The molecule has 3 nitrogen and oxygen atoms in total. The molecule has 0 aliphatic rings. The molecule has 92 valence electrons. The summed E-state index contributed by atoms with van der Waals surface area (Å²) in [5.41, 5.74) is 2.44. The van der Waals surface area contributed by atoms with Crippen LogP contribution in [0.25, 0.3) is 0 Å². The van der Waals surface area contributed by atoms with Crippen LogP contribution in [-0.2, 0) is 24.1 Å². The zero-order chi connectivity index (χ0) is 12.0. The molecule has 0 N–H and O–H groups in total. The third kappa shape index (κ3) is 3.80. The van der Waals surface area contributed by atoms with E-state index in [9.17, 15) is 0 Å². The van der Waals surface area contributed by atoms with Crippen molar-refractivity contribution >= 4 is 11.6 Å². The molecule has 1 atom stereocenters. The van der Waals surface area contributed by atoms with Gasteiger partial charge in [0.2, 0.25) is 0 Å². The van der Waals surface area contributed by atoms with E-state index >= 15 is 0 Å². The maximum absolute atomic E-state index is 6.11. The molecule has 0 fully saturated rings. The van der Waals surface area contributed by atoms with Gasteiger partial charge in [-0.15, -0.1) is 11.6 Å². The first-order valence-corrected chi connectivity index (χ1v) is 6.33. The second kappa shape index (κ2) is 6.92. The quantitative estimate of drug-likeness (QED) is 0.690.